The first-order valence-electron chi connectivity index (χ1n) is 7.58. The van der Waals surface area contributed by atoms with Gasteiger partial charge in [0, 0.05) is 5.54 Å². The summed E-state index contributed by atoms with van der Waals surface area (Å²) in [4.78, 5) is 12.0. The van der Waals surface area contributed by atoms with Crippen molar-refractivity contribution in [3.05, 3.63) is 0 Å². The van der Waals surface area contributed by atoms with Crippen LogP contribution >= 0.6 is 0 Å². The molecule has 3 N–H and O–H groups in total. The van der Waals surface area contributed by atoms with Crippen LogP contribution < -0.4 is 11.1 Å². The Morgan fingerprint density at radius 1 is 1.21 bits per heavy atom. The highest BCUT2D eigenvalue weighted by molar-refractivity contribution is 5.68. The number of hydrogen-bond donors (Lipinski definition) is 2. The second-order valence-corrected chi connectivity index (χ2v) is 6.71. The van der Waals surface area contributed by atoms with Gasteiger partial charge in [-0.05, 0) is 59.4 Å². The van der Waals surface area contributed by atoms with Gasteiger partial charge in [-0.3, -0.25) is 0 Å². The summed E-state index contributed by atoms with van der Waals surface area (Å²) in [6, 6.07) is 0. The van der Waals surface area contributed by atoms with Gasteiger partial charge in [0.2, 0.25) is 0 Å². The summed E-state index contributed by atoms with van der Waals surface area (Å²) in [6.45, 7) is 6.42. The minimum absolute atomic E-state index is 0.0598. The van der Waals surface area contributed by atoms with Crippen LogP contribution in [-0.4, -0.2) is 23.8 Å². The van der Waals surface area contributed by atoms with Crippen molar-refractivity contribution < 1.29 is 9.53 Å². The van der Waals surface area contributed by atoms with Gasteiger partial charge in [-0.25, -0.2) is 4.79 Å². The van der Waals surface area contributed by atoms with Crippen molar-refractivity contribution in [1.29, 1.82) is 0 Å². The molecule has 0 radical (unpaired) electrons. The normalized spacial score (nSPS) is 18.9. The van der Waals surface area contributed by atoms with Gasteiger partial charge in [0.05, 0.1) is 0 Å². The van der Waals surface area contributed by atoms with E-state index in [2.05, 4.69) is 5.32 Å². The van der Waals surface area contributed by atoms with Gasteiger partial charge in [0.25, 0.3) is 0 Å². The number of ether oxygens (including phenoxy) is 1. The van der Waals surface area contributed by atoms with Crippen LogP contribution in [0.15, 0.2) is 0 Å². The first-order chi connectivity index (χ1) is 8.87. The zero-order valence-corrected chi connectivity index (χ0v) is 12.8. The molecule has 0 bridgehead atoms. The van der Waals surface area contributed by atoms with Crippen molar-refractivity contribution >= 4 is 6.09 Å². The highest BCUT2D eigenvalue weighted by Crippen LogP contribution is 2.32. The number of unbranched alkanes of at least 4 members (excludes halogenated alkanes) is 1. The molecule has 19 heavy (non-hydrogen) atoms. The summed E-state index contributed by atoms with van der Waals surface area (Å²) in [5.74, 6) is 0. The molecule has 0 aromatic rings. The van der Waals surface area contributed by atoms with Crippen LogP contribution in [0.1, 0.15) is 72.1 Å². The predicted molar refractivity (Wildman–Crippen MR) is 78.1 cm³/mol. The Morgan fingerprint density at radius 3 is 2.37 bits per heavy atom. The number of amides is 1. The number of carbonyl (C=O) groups excluding carboxylic acids is 1. The van der Waals surface area contributed by atoms with Crippen molar-refractivity contribution in [1.82, 2.24) is 5.32 Å². The molecule has 0 saturated heterocycles. The molecular formula is C15H30N2O2. The molecule has 0 unspecified atom stereocenters. The third kappa shape index (κ3) is 6.28. The van der Waals surface area contributed by atoms with Crippen LogP contribution in [0.2, 0.25) is 0 Å². The van der Waals surface area contributed by atoms with E-state index in [1.807, 2.05) is 20.8 Å². The summed E-state index contributed by atoms with van der Waals surface area (Å²) in [6.07, 6.45) is 8.63. The average molecular weight is 270 g/mol. The number of carbonyl (C=O) groups is 1. The third-order valence-corrected chi connectivity index (χ3v) is 3.69. The number of hydrogen-bond acceptors (Lipinski definition) is 3. The molecule has 4 heteroatoms. The van der Waals surface area contributed by atoms with Gasteiger partial charge in [0.15, 0.2) is 0 Å². The Labute approximate surface area is 117 Å². The Kier molecular flexibility index (Phi) is 6.11. The van der Waals surface area contributed by atoms with Crippen LogP contribution in [0.5, 0.6) is 0 Å². The van der Waals surface area contributed by atoms with E-state index in [-0.39, 0.29) is 11.6 Å². The maximum Gasteiger partial charge on any atom is 0.408 e. The molecule has 0 heterocycles. The summed E-state index contributed by atoms with van der Waals surface area (Å²) < 4.78 is 5.40. The molecule has 0 spiro atoms. The monoisotopic (exact) mass is 270 g/mol. The van der Waals surface area contributed by atoms with Gasteiger partial charge in [-0.2, -0.15) is 0 Å². The Morgan fingerprint density at radius 2 is 1.84 bits per heavy atom. The number of nitrogens with one attached hydrogen (secondary N) is 1. The molecule has 0 atom stereocenters. The highest BCUT2D eigenvalue weighted by atomic mass is 16.6. The van der Waals surface area contributed by atoms with E-state index in [1.54, 1.807) is 0 Å². The predicted octanol–water partition coefficient (Wildman–Crippen LogP) is 3.34. The largest absolute Gasteiger partial charge is 0.444 e. The molecule has 4 nitrogen and oxygen atoms in total. The van der Waals surface area contributed by atoms with Crippen LogP contribution in [0.3, 0.4) is 0 Å². The minimum atomic E-state index is -0.433. The first-order valence-corrected chi connectivity index (χ1v) is 7.58. The lowest BCUT2D eigenvalue weighted by molar-refractivity contribution is 0.0413. The number of rotatable bonds is 5. The van der Waals surface area contributed by atoms with E-state index in [4.69, 9.17) is 10.5 Å². The highest BCUT2D eigenvalue weighted by Gasteiger charge is 2.34. The second-order valence-electron chi connectivity index (χ2n) is 6.71. The number of nitrogens with two attached hydrogens (primary N) is 1. The minimum Gasteiger partial charge on any atom is -0.444 e. The van der Waals surface area contributed by atoms with Crippen molar-refractivity contribution in [2.45, 2.75) is 83.3 Å². The summed E-state index contributed by atoms with van der Waals surface area (Å²) >= 11 is 0. The Hall–Kier alpha value is -0.770. The molecular weight excluding hydrogens is 240 g/mol. The van der Waals surface area contributed by atoms with Crippen molar-refractivity contribution in [2.75, 3.05) is 6.54 Å². The molecule has 0 aliphatic heterocycles. The zero-order valence-electron chi connectivity index (χ0n) is 12.8. The summed E-state index contributed by atoms with van der Waals surface area (Å²) in [5, 5.41) is 3.15. The lowest BCUT2D eigenvalue weighted by Gasteiger charge is -2.38. The topological polar surface area (TPSA) is 64.3 Å². The van der Waals surface area contributed by atoms with Gasteiger partial charge in [-0.1, -0.05) is 19.3 Å². The van der Waals surface area contributed by atoms with Crippen molar-refractivity contribution in [3.63, 3.8) is 0 Å². The smallest absolute Gasteiger partial charge is 0.408 e. The molecule has 1 fully saturated rings. The molecule has 0 aromatic heterocycles. The van der Waals surface area contributed by atoms with Crippen LogP contribution in [0, 0.1) is 0 Å². The van der Waals surface area contributed by atoms with E-state index in [0.29, 0.717) is 0 Å². The maximum atomic E-state index is 12.0. The standard InChI is InChI=1S/C15H30N2O2/c1-14(2,3)19-13(18)17-15(11-7-8-12-16)9-5-4-6-10-15/h4-12,16H2,1-3H3,(H,17,18). The van der Waals surface area contributed by atoms with Gasteiger partial charge in [0.1, 0.15) is 5.60 Å². The SMILES string of the molecule is CC(C)(C)OC(=O)NC1(CCCCN)CCCCC1. The van der Waals surface area contributed by atoms with Crippen LogP contribution in [-0.2, 0) is 4.74 Å². The Balaban J connectivity index is 2.55. The van der Waals surface area contributed by atoms with Gasteiger partial charge in [-0.15, -0.1) is 0 Å². The maximum absolute atomic E-state index is 12.0. The molecule has 1 aliphatic rings. The molecule has 112 valence electrons. The van der Waals surface area contributed by atoms with E-state index >= 15 is 0 Å². The fraction of sp³-hybridized carbons (Fsp3) is 0.933. The molecule has 1 amide bonds. The zero-order chi connectivity index (χ0) is 14.4. The van der Waals surface area contributed by atoms with E-state index < -0.39 is 5.60 Å². The second kappa shape index (κ2) is 7.13. The van der Waals surface area contributed by atoms with Crippen LogP contribution in [0.25, 0.3) is 0 Å². The lowest BCUT2D eigenvalue weighted by atomic mass is 9.78. The quantitative estimate of drug-likeness (QED) is 0.753. The fourth-order valence-corrected chi connectivity index (χ4v) is 2.79. The summed E-state index contributed by atoms with van der Waals surface area (Å²) in [7, 11) is 0. The van der Waals surface area contributed by atoms with Gasteiger partial charge < -0.3 is 15.8 Å². The van der Waals surface area contributed by atoms with E-state index in [1.165, 1.54) is 19.3 Å². The lowest BCUT2D eigenvalue weighted by Crippen LogP contribution is -2.51. The molecule has 1 rings (SSSR count). The van der Waals surface area contributed by atoms with Crippen molar-refractivity contribution in [3.8, 4) is 0 Å². The summed E-state index contributed by atoms with van der Waals surface area (Å²) in [5.41, 5.74) is 5.07. The molecule has 1 aliphatic carbocycles. The third-order valence-electron chi connectivity index (χ3n) is 3.69. The van der Waals surface area contributed by atoms with Gasteiger partial charge >= 0.3 is 6.09 Å². The van der Waals surface area contributed by atoms with E-state index in [9.17, 15) is 4.79 Å². The van der Waals surface area contributed by atoms with Crippen LogP contribution in [0.4, 0.5) is 4.79 Å². The average Bonchev–Trinajstić information content (AvgIpc) is 2.27. The molecule has 0 aromatic carbocycles. The molecule has 1 saturated carbocycles. The van der Waals surface area contributed by atoms with E-state index in [0.717, 1.165) is 38.6 Å². The fourth-order valence-electron chi connectivity index (χ4n) is 2.79. The number of alkyl carbamates (subject to hydrolysis) is 1. The Bertz CT molecular complexity index is 278. The first kappa shape index (κ1) is 16.3. The van der Waals surface area contributed by atoms with Crippen molar-refractivity contribution in [2.24, 2.45) is 5.73 Å².